The molecule has 1 aromatic rings. The Bertz CT molecular complexity index is 759. The normalized spacial score (nSPS) is 14.6. The maximum Gasteiger partial charge on any atom is 0.410 e. The Morgan fingerprint density at radius 2 is 1.89 bits per heavy atom. The topological polar surface area (TPSA) is 92.4 Å². The molecular weight excluding hydrogens is 342 g/mol. The Morgan fingerprint density at radius 1 is 1.22 bits per heavy atom. The number of hydrogen-bond donors (Lipinski definition) is 1. The SMILES string of the molecule is CC(C)(C)OC(=O)N1CCN(Cc2cccc(NC=C(C#N)C#N)c2)CC1. The van der Waals surface area contributed by atoms with Crippen LogP contribution in [0.25, 0.3) is 0 Å². The second-order valence-electron chi connectivity index (χ2n) is 7.37. The van der Waals surface area contributed by atoms with E-state index in [9.17, 15) is 4.79 Å². The number of nitrogens with one attached hydrogen (secondary N) is 1. The van der Waals surface area contributed by atoms with E-state index in [1.807, 2.05) is 57.2 Å². The summed E-state index contributed by atoms with van der Waals surface area (Å²) in [5.41, 5.74) is 1.49. The molecule has 7 heteroatoms. The number of hydrogen-bond acceptors (Lipinski definition) is 6. The lowest BCUT2D eigenvalue weighted by atomic mass is 10.1. The fourth-order valence-electron chi connectivity index (χ4n) is 2.68. The highest BCUT2D eigenvalue weighted by Gasteiger charge is 2.25. The highest BCUT2D eigenvalue weighted by molar-refractivity contribution is 5.68. The summed E-state index contributed by atoms with van der Waals surface area (Å²) in [5, 5.41) is 20.5. The predicted molar refractivity (Wildman–Crippen MR) is 102 cm³/mol. The molecule has 0 saturated carbocycles. The Hall–Kier alpha value is -3.03. The van der Waals surface area contributed by atoms with E-state index in [0.717, 1.165) is 30.9 Å². The van der Waals surface area contributed by atoms with Gasteiger partial charge in [-0.1, -0.05) is 12.1 Å². The van der Waals surface area contributed by atoms with Crippen molar-refractivity contribution < 1.29 is 9.53 Å². The van der Waals surface area contributed by atoms with Gasteiger partial charge in [-0.15, -0.1) is 0 Å². The molecule has 1 aliphatic heterocycles. The summed E-state index contributed by atoms with van der Waals surface area (Å²) in [6, 6.07) is 11.5. The molecule has 0 spiro atoms. The van der Waals surface area contributed by atoms with Crippen molar-refractivity contribution in [3.05, 3.63) is 41.6 Å². The summed E-state index contributed by atoms with van der Waals surface area (Å²) in [5.74, 6) is 0. The van der Waals surface area contributed by atoms with Crippen LogP contribution in [0.1, 0.15) is 26.3 Å². The van der Waals surface area contributed by atoms with Crippen LogP contribution in [-0.2, 0) is 11.3 Å². The van der Waals surface area contributed by atoms with Crippen LogP contribution < -0.4 is 5.32 Å². The van der Waals surface area contributed by atoms with Gasteiger partial charge in [0.25, 0.3) is 0 Å². The van der Waals surface area contributed by atoms with Crippen LogP contribution in [0.4, 0.5) is 10.5 Å². The minimum Gasteiger partial charge on any atom is -0.444 e. The third-order valence-corrected chi connectivity index (χ3v) is 3.98. The summed E-state index contributed by atoms with van der Waals surface area (Å²) in [6.45, 7) is 9.22. The van der Waals surface area contributed by atoms with Gasteiger partial charge in [0.1, 0.15) is 23.3 Å². The van der Waals surface area contributed by atoms with E-state index in [2.05, 4.69) is 10.2 Å². The van der Waals surface area contributed by atoms with Crippen LogP contribution in [-0.4, -0.2) is 47.7 Å². The summed E-state index contributed by atoms with van der Waals surface area (Å²) >= 11 is 0. The number of allylic oxidation sites excluding steroid dienone is 1. The number of nitrogens with zero attached hydrogens (tertiary/aromatic N) is 4. The monoisotopic (exact) mass is 367 g/mol. The molecule has 142 valence electrons. The number of nitriles is 2. The van der Waals surface area contributed by atoms with E-state index in [1.54, 1.807) is 4.90 Å². The van der Waals surface area contributed by atoms with Gasteiger partial charge in [0.15, 0.2) is 0 Å². The summed E-state index contributed by atoms with van der Waals surface area (Å²) in [4.78, 5) is 16.2. The van der Waals surface area contributed by atoms with Crippen molar-refractivity contribution in [2.45, 2.75) is 32.9 Å². The van der Waals surface area contributed by atoms with Gasteiger partial charge in [-0.3, -0.25) is 4.90 Å². The first kappa shape index (κ1) is 20.3. The Labute approximate surface area is 160 Å². The quantitative estimate of drug-likeness (QED) is 0.822. The van der Waals surface area contributed by atoms with Gasteiger partial charge in [0.2, 0.25) is 0 Å². The zero-order valence-corrected chi connectivity index (χ0v) is 16.0. The highest BCUT2D eigenvalue weighted by atomic mass is 16.6. The Morgan fingerprint density at radius 3 is 2.48 bits per heavy atom. The van der Waals surface area contributed by atoms with Crippen LogP contribution in [0.3, 0.4) is 0 Å². The molecule has 0 radical (unpaired) electrons. The van der Waals surface area contributed by atoms with Gasteiger partial charge in [-0.2, -0.15) is 10.5 Å². The number of anilines is 1. The molecule has 1 saturated heterocycles. The molecule has 1 aromatic carbocycles. The van der Waals surface area contributed by atoms with Crippen LogP contribution in [0, 0.1) is 22.7 Å². The summed E-state index contributed by atoms with van der Waals surface area (Å²) in [7, 11) is 0. The van der Waals surface area contributed by atoms with E-state index < -0.39 is 5.60 Å². The van der Waals surface area contributed by atoms with Crippen molar-refractivity contribution in [2.75, 3.05) is 31.5 Å². The first-order valence-electron chi connectivity index (χ1n) is 8.87. The van der Waals surface area contributed by atoms with Gasteiger partial charge in [0.05, 0.1) is 0 Å². The molecule has 1 heterocycles. The zero-order valence-electron chi connectivity index (χ0n) is 16.0. The molecule has 0 bridgehead atoms. The number of ether oxygens (including phenoxy) is 1. The molecule has 1 amide bonds. The standard InChI is InChI=1S/C20H25N5O2/c1-20(2,3)27-19(26)25-9-7-24(8-10-25)15-16-5-4-6-18(11-16)23-14-17(12-21)13-22/h4-6,11,14,23H,7-10,15H2,1-3H3. The molecule has 7 nitrogen and oxygen atoms in total. The van der Waals surface area contributed by atoms with E-state index in [4.69, 9.17) is 15.3 Å². The number of benzene rings is 1. The third-order valence-electron chi connectivity index (χ3n) is 3.98. The molecule has 27 heavy (non-hydrogen) atoms. The maximum absolute atomic E-state index is 12.1. The van der Waals surface area contributed by atoms with Crippen LogP contribution >= 0.6 is 0 Å². The van der Waals surface area contributed by atoms with E-state index in [-0.39, 0.29) is 11.7 Å². The largest absolute Gasteiger partial charge is 0.444 e. The van der Waals surface area contributed by atoms with Crippen LogP contribution in [0.2, 0.25) is 0 Å². The first-order chi connectivity index (χ1) is 12.8. The fraction of sp³-hybridized carbons (Fsp3) is 0.450. The van der Waals surface area contributed by atoms with Gasteiger partial charge in [-0.25, -0.2) is 4.79 Å². The van der Waals surface area contributed by atoms with Crippen molar-refractivity contribution in [3.63, 3.8) is 0 Å². The molecule has 0 aromatic heterocycles. The van der Waals surface area contributed by atoms with Crippen LogP contribution in [0.5, 0.6) is 0 Å². The Kier molecular flexibility index (Phi) is 6.81. The smallest absolute Gasteiger partial charge is 0.410 e. The minimum atomic E-state index is -0.479. The van der Waals surface area contributed by atoms with Gasteiger partial charge in [0, 0.05) is 44.6 Å². The van der Waals surface area contributed by atoms with E-state index >= 15 is 0 Å². The van der Waals surface area contributed by atoms with Crippen molar-refractivity contribution in [1.29, 1.82) is 10.5 Å². The number of carbonyl (C=O) groups excluding carboxylic acids is 1. The van der Waals surface area contributed by atoms with Crippen molar-refractivity contribution >= 4 is 11.8 Å². The predicted octanol–water partition coefficient (Wildman–Crippen LogP) is 3.08. The van der Waals surface area contributed by atoms with Crippen molar-refractivity contribution in [2.24, 2.45) is 0 Å². The van der Waals surface area contributed by atoms with Crippen molar-refractivity contribution in [1.82, 2.24) is 9.80 Å². The number of amides is 1. The molecule has 1 aliphatic rings. The molecular formula is C20H25N5O2. The zero-order chi connectivity index (χ0) is 19.9. The average molecular weight is 367 g/mol. The Balaban J connectivity index is 1.88. The summed E-state index contributed by atoms with van der Waals surface area (Å²) in [6.07, 6.45) is 1.14. The third kappa shape index (κ3) is 6.65. The number of rotatable bonds is 4. The van der Waals surface area contributed by atoms with E-state index in [0.29, 0.717) is 13.1 Å². The van der Waals surface area contributed by atoms with Crippen LogP contribution in [0.15, 0.2) is 36.0 Å². The second-order valence-corrected chi connectivity index (χ2v) is 7.37. The summed E-state index contributed by atoms with van der Waals surface area (Å²) < 4.78 is 5.42. The highest BCUT2D eigenvalue weighted by Crippen LogP contribution is 2.16. The lowest BCUT2D eigenvalue weighted by Gasteiger charge is -2.35. The molecule has 1 N–H and O–H groups in total. The average Bonchev–Trinajstić information content (AvgIpc) is 2.62. The van der Waals surface area contributed by atoms with Gasteiger partial charge < -0.3 is 15.0 Å². The number of carbonyl (C=O) groups is 1. The molecule has 2 rings (SSSR count). The lowest BCUT2D eigenvalue weighted by Crippen LogP contribution is -2.49. The molecule has 1 fully saturated rings. The molecule has 0 atom stereocenters. The minimum absolute atomic E-state index is 0.0265. The first-order valence-corrected chi connectivity index (χ1v) is 8.87. The van der Waals surface area contributed by atoms with Gasteiger partial charge >= 0.3 is 6.09 Å². The van der Waals surface area contributed by atoms with E-state index in [1.165, 1.54) is 6.20 Å². The fourth-order valence-corrected chi connectivity index (χ4v) is 2.68. The number of piperazine rings is 1. The maximum atomic E-state index is 12.1. The molecule has 0 unspecified atom stereocenters. The van der Waals surface area contributed by atoms with Crippen molar-refractivity contribution in [3.8, 4) is 12.1 Å². The second kappa shape index (κ2) is 9.07. The van der Waals surface area contributed by atoms with Gasteiger partial charge in [-0.05, 0) is 38.5 Å². The lowest BCUT2D eigenvalue weighted by molar-refractivity contribution is 0.0139. The molecule has 0 aliphatic carbocycles.